The Hall–Kier alpha value is -2.06. The summed E-state index contributed by atoms with van der Waals surface area (Å²) in [5.74, 6) is 0.667. The van der Waals surface area contributed by atoms with Gasteiger partial charge in [0, 0.05) is 43.5 Å². The SMILES string of the molecule is Cc1nc2ncnn2c(C)c1CCC(=O)N[C@@H](C)CN1CCOCC1. The van der Waals surface area contributed by atoms with E-state index in [0.717, 1.165) is 49.8 Å². The molecule has 2 aromatic heterocycles. The maximum absolute atomic E-state index is 12.3. The normalized spacial score (nSPS) is 16.9. The zero-order chi connectivity index (χ0) is 17.8. The van der Waals surface area contributed by atoms with Crippen molar-refractivity contribution in [2.24, 2.45) is 0 Å². The molecule has 0 aromatic carbocycles. The zero-order valence-electron chi connectivity index (χ0n) is 15.2. The van der Waals surface area contributed by atoms with E-state index < -0.39 is 0 Å². The van der Waals surface area contributed by atoms with E-state index in [4.69, 9.17) is 4.74 Å². The van der Waals surface area contributed by atoms with Crippen molar-refractivity contribution in [3.05, 3.63) is 23.3 Å². The first kappa shape index (κ1) is 17.8. The quantitative estimate of drug-likeness (QED) is 0.820. The molecule has 25 heavy (non-hydrogen) atoms. The van der Waals surface area contributed by atoms with Crippen molar-refractivity contribution >= 4 is 11.7 Å². The fraction of sp³-hybridized carbons (Fsp3) is 0.647. The van der Waals surface area contributed by atoms with Gasteiger partial charge < -0.3 is 10.1 Å². The number of nitrogens with zero attached hydrogens (tertiary/aromatic N) is 5. The standard InChI is InChI=1S/C17H26N6O2/c1-12(10-22-6-8-25-9-7-22)20-16(24)5-4-15-13(2)21-17-18-11-19-23(17)14(15)3/h11-12H,4-10H2,1-3H3,(H,20,24)/t12-/m0/s1. The van der Waals surface area contributed by atoms with Gasteiger partial charge in [-0.15, -0.1) is 0 Å². The van der Waals surface area contributed by atoms with Crippen molar-refractivity contribution in [3.63, 3.8) is 0 Å². The van der Waals surface area contributed by atoms with Gasteiger partial charge in [-0.05, 0) is 32.8 Å². The number of aryl methyl sites for hydroxylation is 2. The monoisotopic (exact) mass is 346 g/mol. The second kappa shape index (κ2) is 7.88. The minimum absolute atomic E-state index is 0.0678. The van der Waals surface area contributed by atoms with E-state index in [1.807, 2.05) is 20.8 Å². The summed E-state index contributed by atoms with van der Waals surface area (Å²) in [7, 11) is 0. The van der Waals surface area contributed by atoms with Crippen LogP contribution in [0.25, 0.3) is 5.78 Å². The van der Waals surface area contributed by atoms with Crippen LogP contribution in [0.3, 0.4) is 0 Å². The number of carbonyl (C=O) groups excluding carboxylic acids is 1. The molecule has 0 unspecified atom stereocenters. The number of morpholine rings is 1. The number of hydrogen-bond donors (Lipinski definition) is 1. The molecule has 1 saturated heterocycles. The second-order valence-corrected chi connectivity index (χ2v) is 6.61. The van der Waals surface area contributed by atoms with Gasteiger partial charge in [0.05, 0.1) is 13.2 Å². The summed E-state index contributed by atoms with van der Waals surface area (Å²) in [6.07, 6.45) is 2.59. The predicted molar refractivity (Wildman–Crippen MR) is 93.4 cm³/mol. The maximum Gasteiger partial charge on any atom is 0.252 e. The lowest BCUT2D eigenvalue weighted by molar-refractivity contribution is -0.121. The molecule has 1 fully saturated rings. The number of amides is 1. The molecule has 1 atom stereocenters. The van der Waals surface area contributed by atoms with E-state index >= 15 is 0 Å². The van der Waals surface area contributed by atoms with Gasteiger partial charge in [0.2, 0.25) is 5.91 Å². The second-order valence-electron chi connectivity index (χ2n) is 6.61. The van der Waals surface area contributed by atoms with Crippen molar-refractivity contribution in [2.75, 3.05) is 32.8 Å². The van der Waals surface area contributed by atoms with Crippen LogP contribution in [0.4, 0.5) is 0 Å². The third-order valence-electron chi connectivity index (χ3n) is 4.63. The van der Waals surface area contributed by atoms with Gasteiger partial charge in [-0.2, -0.15) is 10.1 Å². The van der Waals surface area contributed by atoms with E-state index in [1.165, 1.54) is 6.33 Å². The summed E-state index contributed by atoms with van der Waals surface area (Å²) in [5.41, 5.74) is 2.97. The number of nitrogens with one attached hydrogen (secondary N) is 1. The number of rotatable bonds is 6. The van der Waals surface area contributed by atoms with Crippen LogP contribution < -0.4 is 5.32 Å². The molecule has 1 amide bonds. The van der Waals surface area contributed by atoms with E-state index in [2.05, 4.69) is 25.3 Å². The summed E-state index contributed by atoms with van der Waals surface area (Å²) in [6.45, 7) is 10.3. The van der Waals surface area contributed by atoms with E-state index in [0.29, 0.717) is 18.6 Å². The molecule has 0 saturated carbocycles. The van der Waals surface area contributed by atoms with Crippen LogP contribution in [-0.4, -0.2) is 69.3 Å². The van der Waals surface area contributed by atoms with Gasteiger partial charge in [-0.1, -0.05) is 0 Å². The Labute approximate surface area is 147 Å². The molecule has 0 spiro atoms. The summed E-state index contributed by atoms with van der Waals surface area (Å²) in [4.78, 5) is 23.2. The average Bonchev–Trinajstić information content (AvgIpc) is 3.03. The van der Waals surface area contributed by atoms with Crippen LogP contribution >= 0.6 is 0 Å². The fourth-order valence-electron chi connectivity index (χ4n) is 3.32. The van der Waals surface area contributed by atoms with Crippen molar-refractivity contribution < 1.29 is 9.53 Å². The number of carbonyl (C=O) groups is 1. The Bertz CT molecular complexity index is 738. The van der Waals surface area contributed by atoms with Crippen molar-refractivity contribution in [1.29, 1.82) is 0 Å². The van der Waals surface area contributed by atoms with E-state index in [-0.39, 0.29) is 11.9 Å². The van der Waals surface area contributed by atoms with Gasteiger partial charge in [0.15, 0.2) is 0 Å². The Morgan fingerprint density at radius 1 is 1.36 bits per heavy atom. The maximum atomic E-state index is 12.3. The third kappa shape index (κ3) is 4.32. The van der Waals surface area contributed by atoms with Gasteiger partial charge in [-0.25, -0.2) is 9.50 Å². The smallest absolute Gasteiger partial charge is 0.252 e. The first-order valence-corrected chi connectivity index (χ1v) is 8.80. The molecular formula is C17H26N6O2. The lowest BCUT2D eigenvalue weighted by atomic mass is 10.1. The molecule has 1 aliphatic heterocycles. The molecule has 8 heteroatoms. The Balaban J connectivity index is 1.53. The summed E-state index contributed by atoms with van der Waals surface area (Å²) >= 11 is 0. The Morgan fingerprint density at radius 3 is 2.88 bits per heavy atom. The van der Waals surface area contributed by atoms with E-state index in [9.17, 15) is 4.79 Å². The minimum Gasteiger partial charge on any atom is -0.379 e. The van der Waals surface area contributed by atoms with Gasteiger partial charge in [-0.3, -0.25) is 9.69 Å². The molecule has 0 radical (unpaired) electrons. The minimum atomic E-state index is 0.0678. The zero-order valence-corrected chi connectivity index (χ0v) is 15.2. The molecular weight excluding hydrogens is 320 g/mol. The number of fused-ring (bicyclic) bond motifs is 1. The van der Waals surface area contributed by atoms with Crippen LogP contribution in [0.2, 0.25) is 0 Å². The molecule has 3 heterocycles. The number of aromatic nitrogens is 4. The van der Waals surface area contributed by atoms with Crippen LogP contribution in [0.5, 0.6) is 0 Å². The molecule has 8 nitrogen and oxygen atoms in total. The molecule has 0 aliphatic carbocycles. The molecule has 1 N–H and O–H groups in total. The van der Waals surface area contributed by atoms with Gasteiger partial charge in [0.1, 0.15) is 6.33 Å². The van der Waals surface area contributed by atoms with Gasteiger partial charge in [0.25, 0.3) is 5.78 Å². The highest BCUT2D eigenvalue weighted by atomic mass is 16.5. The molecule has 3 rings (SSSR count). The fourth-order valence-corrected chi connectivity index (χ4v) is 3.32. The highest BCUT2D eigenvalue weighted by Crippen LogP contribution is 2.14. The Morgan fingerprint density at radius 2 is 2.12 bits per heavy atom. The van der Waals surface area contributed by atoms with Crippen LogP contribution in [0.15, 0.2) is 6.33 Å². The average molecular weight is 346 g/mol. The van der Waals surface area contributed by atoms with Crippen molar-refractivity contribution in [2.45, 2.75) is 39.7 Å². The van der Waals surface area contributed by atoms with Crippen molar-refractivity contribution in [3.8, 4) is 0 Å². The molecule has 0 bridgehead atoms. The first-order valence-electron chi connectivity index (χ1n) is 8.80. The molecule has 1 aliphatic rings. The largest absolute Gasteiger partial charge is 0.379 e. The molecule has 136 valence electrons. The summed E-state index contributed by atoms with van der Waals surface area (Å²) in [6, 6.07) is 0.128. The lowest BCUT2D eigenvalue weighted by Gasteiger charge is -2.29. The summed E-state index contributed by atoms with van der Waals surface area (Å²) < 4.78 is 7.07. The number of hydrogen-bond acceptors (Lipinski definition) is 6. The topological polar surface area (TPSA) is 84.6 Å². The molecule has 2 aromatic rings. The van der Waals surface area contributed by atoms with Crippen LogP contribution in [0, 0.1) is 13.8 Å². The summed E-state index contributed by atoms with van der Waals surface area (Å²) in [5, 5.41) is 7.28. The van der Waals surface area contributed by atoms with E-state index in [1.54, 1.807) is 4.52 Å². The van der Waals surface area contributed by atoms with Gasteiger partial charge >= 0.3 is 0 Å². The van der Waals surface area contributed by atoms with Crippen molar-refractivity contribution in [1.82, 2.24) is 29.8 Å². The predicted octanol–water partition coefficient (Wildman–Crippen LogP) is 0.511. The lowest BCUT2D eigenvalue weighted by Crippen LogP contribution is -2.46. The third-order valence-corrected chi connectivity index (χ3v) is 4.63. The highest BCUT2D eigenvalue weighted by Gasteiger charge is 2.16. The van der Waals surface area contributed by atoms with Crippen LogP contribution in [-0.2, 0) is 16.0 Å². The number of ether oxygens (including phenoxy) is 1. The van der Waals surface area contributed by atoms with Crippen LogP contribution in [0.1, 0.15) is 30.3 Å². The highest BCUT2D eigenvalue weighted by molar-refractivity contribution is 5.76. The Kier molecular flexibility index (Phi) is 5.60. The first-order chi connectivity index (χ1) is 12.0.